The molecule has 0 aromatic heterocycles. The summed E-state index contributed by atoms with van der Waals surface area (Å²) in [6, 6.07) is 0. The van der Waals surface area contributed by atoms with Crippen LogP contribution in [0.4, 0.5) is 0 Å². The molecule has 0 aliphatic heterocycles. The van der Waals surface area contributed by atoms with E-state index >= 15 is 0 Å². The third-order valence-corrected chi connectivity index (χ3v) is 4.06. The van der Waals surface area contributed by atoms with Gasteiger partial charge >= 0.3 is 5.97 Å². The maximum atomic E-state index is 11.1. The Balaban J connectivity index is 3.05. The zero-order chi connectivity index (χ0) is 25.0. The van der Waals surface area contributed by atoms with Crippen LogP contribution >= 0.6 is 0 Å². The molecule has 0 bridgehead atoms. The van der Waals surface area contributed by atoms with E-state index in [0.29, 0.717) is 105 Å². The Morgan fingerprint density at radius 3 is 1.03 bits per heavy atom. The third kappa shape index (κ3) is 27.1. The van der Waals surface area contributed by atoms with Crippen LogP contribution in [0.5, 0.6) is 0 Å². The molecule has 10 nitrogen and oxygen atoms in total. The molecule has 0 aromatic carbocycles. The topological polar surface area (TPSA) is 100 Å². The molecule has 0 aliphatic carbocycles. The van der Waals surface area contributed by atoms with Gasteiger partial charge in [-0.1, -0.05) is 19.9 Å². The summed E-state index contributed by atoms with van der Waals surface area (Å²) in [6.45, 7) is 15.9. The van der Waals surface area contributed by atoms with Crippen LogP contribution in [0.3, 0.4) is 0 Å². The van der Waals surface area contributed by atoms with Gasteiger partial charge in [-0.25, -0.2) is 4.79 Å². The molecule has 0 radical (unpaired) electrons. The Kier molecular flexibility index (Phi) is 27.2. The SMILES string of the molecule is C=C(C)C(=O)OCCOCCOCCOCCOCCOCCOCCOCCOCCCC. The largest absolute Gasteiger partial charge is 0.460 e. The van der Waals surface area contributed by atoms with Crippen LogP contribution in [0, 0.1) is 0 Å². The van der Waals surface area contributed by atoms with Crippen molar-refractivity contribution in [3.8, 4) is 0 Å². The van der Waals surface area contributed by atoms with Crippen molar-refractivity contribution in [1.82, 2.24) is 0 Å². The van der Waals surface area contributed by atoms with Crippen molar-refractivity contribution < 1.29 is 47.4 Å². The maximum absolute atomic E-state index is 11.1. The van der Waals surface area contributed by atoms with Gasteiger partial charge in [-0.2, -0.15) is 0 Å². The average Bonchev–Trinajstić information content (AvgIpc) is 2.83. The van der Waals surface area contributed by atoms with Crippen LogP contribution < -0.4 is 0 Å². The number of esters is 1. The van der Waals surface area contributed by atoms with Gasteiger partial charge in [0, 0.05) is 12.2 Å². The summed E-state index contributed by atoms with van der Waals surface area (Å²) in [7, 11) is 0. The van der Waals surface area contributed by atoms with Gasteiger partial charge in [0.25, 0.3) is 0 Å². The van der Waals surface area contributed by atoms with Crippen molar-refractivity contribution >= 4 is 5.97 Å². The van der Waals surface area contributed by atoms with Crippen molar-refractivity contribution in [2.45, 2.75) is 26.7 Å². The molecule has 0 unspecified atom stereocenters. The molecule has 0 aliphatic rings. The van der Waals surface area contributed by atoms with Crippen LogP contribution in [0.25, 0.3) is 0 Å². The normalized spacial score (nSPS) is 11.1. The fraction of sp³-hybridized carbons (Fsp3) is 0.875. The second-order valence-corrected chi connectivity index (χ2v) is 7.17. The van der Waals surface area contributed by atoms with E-state index in [-0.39, 0.29) is 6.61 Å². The Labute approximate surface area is 205 Å². The van der Waals surface area contributed by atoms with E-state index in [1.807, 2.05) is 0 Å². The third-order valence-electron chi connectivity index (χ3n) is 4.06. The zero-order valence-corrected chi connectivity index (χ0v) is 21.2. The average molecular weight is 495 g/mol. The van der Waals surface area contributed by atoms with Crippen LogP contribution in [0.1, 0.15) is 26.7 Å². The van der Waals surface area contributed by atoms with E-state index < -0.39 is 5.97 Å². The van der Waals surface area contributed by atoms with Crippen LogP contribution in [-0.2, 0) is 47.4 Å². The van der Waals surface area contributed by atoms with Crippen LogP contribution in [-0.4, -0.2) is 118 Å². The molecule has 0 spiro atoms. The molecule has 34 heavy (non-hydrogen) atoms. The maximum Gasteiger partial charge on any atom is 0.333 e. The smallest absolute Gasteiger partial charge is 0.333 e. The van der Waals surface area contributed by atoms with Gasteiger partial charge < -0.3 is 42.6 Å². The lowest BCUT2D eigenvalue weighted by Crippen LogP contribution is -2.15. The summed E-state index contributed by atoms with van der Waals surface area (Å²) in [5.74, 6) is -0.407. The molecule has 0 atom stereocenters. The van der Waals surface area contributed by atoms with Crippen molar-refractivity contribution in [2.75, 3.05) is 112 Å². The zero-order valence-electron chi connectivity index (χ0n) is 21.2. The van der Waals surface area contributed by atoms with Gasteiger partial charge in [-0.05, 0) is 13.3 Å². The highest BCUT2D eigenvalue weighted by atomic mass is 16.6. The molecule has 0 N–H and O–H groups in total. The summed E-state index contributed by atoms with van der Waals surface area (Å²) >= 11 is 0. The summed E-state index contributed by atoms with van der Waals surface area (Å²) in [5.41, 5.74) is 0.375. The number of hydrogen-bond donors (Lipinski definition) is 0. The molecular weight excluding hydrogens is 448 g/mol. The minimum absolute atomic E-state index is 0.207. The lowest BCUT2D eigenvalue weighted by Gasteiger charge is -2.09. The van der Waals surface area contributed by atoms with E-state index in [1.165, 1.54) is 0 Å². The molecule has 0 saturated heterocycles. The predicted molar refractivity (Wildman–Crippen MR) is 127 cm³/mol. The Morgan fingerprint density at radius 1 is 0.500 bits per heavy atom. The predicted octanol–water partition coefficient (Wildman–Crippen LogP) is 2.04. The summed E-state index contributed by atoms with van der Waals surface area (Å²) in [4.78, 5) is 11.1. The molecule has 0 rings (SSSR count). The van der Waals surface area contributed by atoms with Crippen molar-refractivity contribution in [3.63, 3.8) is 0 Å². The summed E-state index contributed by atoms with van der Waals surface area (Å²) in [5, 5.41) is 0. The van der Waals surface area contributed by atoms with Gasteiger partial charge in [-0.15, -0.1) is 0 Å². The van der Waals surface area contributed by atoms with Gasteiger partial charge in [0.2, 0.25) is 0 Å². The molecule has 0 saturated carbocycles. The van der Waals surface area contributed by atoms with Gasteiger partial charge in [0.15, 0.2) is 0 Å². The fourth-order valence-electron chi connectivity index (χ4n) is 2.20. The minimum atomic E-state index is -0.407. The number of unbranched alkanes of at least 4 members (excludes halogenated alkanes) is 1. The lowest BCUT2D eigenvalue weighted by molar-refractivity contribution is -0.140. The quantitative estimate of drug-likeness (QED) is 0.0912. The number of ether oxygens (including phenoxy) is 9. The molecule has 202 valence electrons. The monoisotopic (exact) mass is 494 g/mol. The van der Waals surface area contributed by atoms with E-state index in [2.05, 4.69) is 13.5 Å². The first-order valence-electron chi connectivity index (χ1n) is 12.1. The first kappa shape index (κ1) is 32.9. The number of carbonyl (C=O) groups excluding carboxylic acids is 1. The fourth-order valence-corrected chi connectivity index (χ4v) is 2.20. The number of carbonyl (C=O) groups is 1. The first-order valence-corrected chi connectivity index (χ1v) is 12.1. The second-order valence-electron chi connectivity index (χ2n) is 7.17. The molecule has 0 fully saturated rings. The van der Waals surface area contributed by atoms with Gasteiger partial charge in [0.1, 0.15) is 6.61 Å². The molecule has 0 heterocycles. The van der Waals surface area contributed by atoms with Gasteiger partial charge in [-0.3, -0.25) is 0 Å². The van der Waals surface area contributed by atoms with Crippen molar-refractivity contribution in [3.05, 3.63) is 12.2 Å². The standard InChI is InChI=1S/C24H46O10/c1-4-5-6-26-7-8-27-9-10-28-11-12-29-13-14-30-15-16-31-17-18-32-19-20-33-21-22-34-24(25)23(2)3/h2,4-22H2,1,3H3. The van der Waals surface area contributed by atoms with Crippen molar-refractivity contribution in [1.29, 1.82) is 0 Å². The molecule has 0 aromatic rings. The minimum Gasteiger partial charge on any atom is -0.460 e. The number of hydrogen-bond acceptors (Lipinski definition) is 10. The van der Waals surface area contributed by atoms with Crippen LogP contribution in [0.2, 0.25) is 0 Å². The number of rotatable bonds is 28. The highest BCUT2D eigenvalue weighted by molar-refractivity contribution is 5.86. The van der Waals surface area contributed by atoms with Crippen LogP contribution in [0.15, 0.2) is 12.2 Å². The Bertz CT molecular complexity index is 447. The first-order chi connectivity index (χ1) is 16.7. The molecule has 0 amide bonds. The summed E-state index contributed by atoms with van der Waals surface area (Å²) < 4.78 is 48.1. The lowest BCUT2D eigenvalue weighted by atomic mass is 10.4. The van der Waals surface area contributed by atoms with Gasteiger partial charge in [0.05, 0.1) is 99.1 Å². The van der Waals surface area contributed by atoms with E-state index in [4.69, 9.17) is 42.6 Å². The Morgan fingerprint density at radius 2 is 0.765 bits per heavy atom. The van der Waals surface area contributed by atoms with E-state index in [9.17, 15) is 4.79 Å². The molecular formula is C24H46O10. The van der Waals surface area contributed by atoms with E-state index in [0.717, 1.165) is 19.4 Å². The highest BCUT2D eigenvalue weighted by Crippen LogP contribution is 1.92. The van der Waals surface area contributed by atoms with E-state index in [1.54, 1.807) is 6.92 Å². The van der Waals surface area contributed by atoms with Crippen molar-refractivity contribution in [2.24, 2.45) is 0 Å². The Hall–Kier alpha value is -1.11. The highest BCUT2D eigenvalue weighted by Gasteiger charge is 2.01. The molecule has 10 heteroatoms. The second kappa shape index (κ2) is 28.1. The summed E-state index contributed by atoms with van der Waals surface area (Å²) in [6.07, 6.45) is 2.24.